The molecule has 4 heteroatoms. The van der Waals surface area contributed by atoms with Gasteiger partial charge in [0.05, 0.1) is 5.02 Å². The van der Waals surface area contributed by atoms with E-state index in [0.717, 1.165) is 28.3 Å². The number of rotatable bonds is 4. The lowest BCUT2D eigenvalue weighted by molar-refractivity contribution is 0.482. The second-order valence-corrected chi connectivity index (χ2v) is 5.50. The Bertz CT molecular complexity index is 611. The molecule has 1 unspecified atom stereocenters. The van der Waals surface area contributed by atoms with Gasteiger partial charge in [0.2, 0.25) is 0 Å². The van der Waals surface area contributed by atoms with Crippen molar-refractivity contribution in [1.82, 2.24) is 0 Å². The Morgan fingerprint density at radius 1 is 1.10 bits per heavy atom. The van der Waals surface area contributed by atoms with Crippen molar-refractivity contribution in [3.05, 3.63) is 57.6 Å². The highest BCUT2D eigenvalue weighted by atomic mass is 35.5. The minimum absolute atomic E-state index is 0.0521. The summed E-state index contributed by atoms with van der Waals surface area (Å²) >= 11 is 12.3. The topological polar surface area (TPSA) is 35.2 Å². The van der Waals surface area contributed by atoms with E-state index in [0.29, 0.717) is 10.8 Å². The fourth-order valence-corrected chi connectivity index (χ4v) is 2.37. The molecule has 0 saturated heterocycles. The summed E-state index contributed by atoms with van der Waals surface area (Å²) in [5.74, 6) is 1.34. The Balaban J connectivity index is 2.26. The summed E-state index contributed by atoms with van der Waals surface area (Å²) < 4.78 is 5.81. The number of halogens is 2. The molecule has 0 spiro atoms. The summed E-state index contributed by atoms with van der Waals surface area (Å²) in [6.45, 7) is 3.97. The maximum Gasteiger partial charge on any atom is 0.146 e. The van der Waals surface area contributed by atoms with Gasteiger partial charge in [0.15, 0.2) is 0 Å². The fourth-order valence-electron chi connectivity index (χ4n) is 1.90. The SMILES string of the molecule is CCc1cc(Oc2ccc(C(C)N)cc2Cl)ccc1Cl. The van der Waals surface area contributed by atoms with Crippen molar-refractivity contribution < 1.29 is 4.74 Å². The summed E-state index contributed by atoms with van der Waals surface area (Å²) in [5, 5.41) is 1.30. The minimum Gasteiger partial charge on any atom is -0.456 e. The molecule has 0 bridgehead atoms. The lowest BCUT2D eigenvalue weighted by Gasteiger charge is -2.12. The van der Waals surface area contributed by atoms with Gasteiger partial charge in [-0.2, -0.15) is 0 Å². The van der Waals surface area contributed by atoms with Crippen LogP contribution in [0, 0.1) is 0 Å². The van der Waals surface area contributed by atoms with E-state index in [4.69, 9.17) is 33.7 Å². The van der Waals surface area contributed by atoms with Crippen LogP contribution in [0.25, 0.3) is 0 Å². The van der Waals surface area contributed by atoms with Crippen LogP contribution in [0.5, 0.6) is 11.5 Å². The van der Waals surface area contributed by atoms with E-state index in [1.807, 2.05) is 43.3 Å². The second kappa shape index (κ2) is 6.49. The van der Waals surface area contributed by atoms with Gasteiger partial charge in [-0.1, -0.05) is 36.2 Å². The third kappa shape index (κ3) is 3.45. The molecule has 1 atom stereocenters. The van der Waals surface area contributed by atoms with E-state index in [9.17, 15) is 0 Å². The molecule has 2 nitrogen and oxygen atoms in total. The van der Waals surface area contributed by atoms with Gasteiger partial charge >= 0.3 is 0 Å². The van der Waals surface area contributed by atoms with Crippen LogP contribution >= 0.6 is 23.2 Å². The first-order valence-electron chi connectivity index (χ1n) is 6.52. The zero-order valence-corrected chi connectivity index (χ0v) is 13.0. The van der Waals surface area contributed by atoms with Crippen LogP contribution in [0.4, 0.5) is 0 Å². The molecule has 2 aromatic rings. The van der Waals surface area contributed by atoms with Gasteiger partial charge < -0.3 is 10.5 Å². The molecule has 0 aromatic heterocycles. The van der Waals surface area contributed by atoms with Gasteiger partial charge in [-0.15, -0.1) is 0 Å². The number of ether oxygens (including phenoxy) is 1. The van der Waals surface area contributed by atoms with Crippen LogP contribution in [-0.2, 0) is 6.42 Å². The Morgan fingerprint density at radius 2 is 1.85 bits per heavy atom. The van der Waals surface area contributed by atoms with Crippen molar-refractivity contribution in [1.29, 1.82) is 0 Å². The molecule has 20 heavy (non-hydrogen) atoms. The molecule has 0 fully saturated rings. The maximum atomic E-state index is 6.22. The molecule has 2 aromatic carbocycles. The van der Waals surface area contributed by atoms with Crippen LogP contribution in [-0.4, -0.2) is 0 Å². The van der Waals surface area contributed by atoms with Crippen LogP contribution in [0.1, 0.15) is 31.0 Å². The molecular weight excluding hydrogens is 293 g/mol. The highest BCUT2D eigenvalue weighted by Gasteiger charge is 2.08. The zero-order valence-electron chi connectivity index (χ0n) is 11.5. The standard InChI is InChI=1S/C16H17Cl2NO/c1-3-11-8-13(5-6-14(11)17)20-16-7-4-12(10(2)19)9-15(16)18/h4-10H,3,19H2,1-2H3. The van der Waals surface area contributed by atoms with Gasteiger partial charge in [-0.25, -0.2) is 0 Å². The molecule has 0 radical (unpaired) electrons. The maximum absolute atomic E-state index is 6.22. The average Bonchev–Trinajstić information content (AvgIpc) is 2.42. The largest absolute Gasteiger partial charge is 0.456 e. The van der Waals surface area contributed by atoms with Crippen molar-refractivity contribution >= 4 is 23.2 Å². The molecule has 2 N–H and O–H groups in total. The zero-order chi connectivity index (χ0) is 14.7. The first-order chi connectivity index (χ1) is 9.51. The van der Waals surface area contributed by atoms with Gasteiger partial charge in [-0.3, -0.25) is 0 Å². The van der Waals surface area contributed by atoms with Crippen molar-refractivity contribution in [3.63, 3.8) is 0 Å². The quantitative estimate of drug-likeness (QED) is 0.824. The predicted molar refractivity (Wildman–Crippen MR) is 85.0 cm³/mol. The monoisotopic (exact) mass is 309 g/mol. The number of hydrogen-bond acceptors (Lipinski definition) is 2. The Morgan fingerprint density at radius 3 is 2.45 bits per heavy atom. The summed E-state index contributed by atoms with van der Waals surface area (Å²) in [7, 11) is 0. The summed E-state index contributed by atoms with van der Waals surface area (Å²) in [6.07, 6.45) is 0.855. The van der Waals surface area contributed by atoms with Crippen molar-refractivity contribution in [2.75, 3.05) is 0 Å². The number of benzene rings is 2. The van der Waals surface area contributed by atoms with Gasteiger partial charge in [-0.05, 0) is 54.8 Å². The van der Waals surface area contributed by atoms with E-state index >= 15 is 0 Å². The number of hydrogen-bond donors (Lipinski definition) is 1. The molecule has 0 aliphatic carbocycles. The highest BCUT2D eigenvalue weighted by molar-refractivity contribution is 6.32. The van der Waals surface area contributed by atoms with Crippen molar-refractivity contribution in [2.24, 2.45) is 5.73 Å². The van der Waals surface area contributed by atoms with Crippen molar-refractivity contribution in [3.8, 4) is 11.5 Å². The van der Waals surface area contributed by atoms with E-state index in [-0.39, 0.29) is 6.04 Å². The Kier molecular flexibility index (Phi) is 4.92. The number of aryl methyl sites for hydroxylation is 1. The highest BCUT2D eigenvalue weighted by Crippen LogP contribution is 2.32. The second-order valence-electron chi connectivity index (χ2n) is 4.69. The third-order valence-corrected chi connectivity index (χ3v) is 3.77. The van der Waals surface area contributed by atoms with Gasteiger partial charge in [0.1, 0.15) is 11.5 Å². The van der Waals surface area contributed by atoms with E-state index in [2.05, 4.69) is 6.92 Å². The first-order valence-corrected chi connectivity index (χ1v) is 7.28. The third-order valence-electron chi connectivity index (χ3n) is 3.11. The Labute approximate surface area is 129 Å². The number of nitrogens with two attached hydrogens (primary N) is 1. The molecule has 0 aliphatic rings. The summed E-state index contributed by atoms with van der Waals surface area (Å²) in [4.78, 5) is 0. The molecule has 0 amide bonds. The summed E-state index contributed by atoms with van der Waals surface area (Å²) in [6, 6.07) is 11.1. The lowest BCUT2D eigenvalue weighted by atomic mass is 10.1. The minimum atomic E-state index is -0.0521. The molecule has 0 saturated carbocycles. The van der Waals surface area contributed by atoms with E-state index in [1.54, 1.807) is 0 Å². The fraction of sp³-hybridized carbons (Fsp3) is 0.250. The molecule has 0 heterocycles. The Hall–Kier alpha value is -1.22. The van der Waals surface area contributed by atoms with E-state index < -0.39 is 0 Å². The normalized spacial score (nSPS) is 12.2. The van der Waals surface area contributed by atoms with Crippen molar-refractivity contribution in [2.45, 2.75) is 26.3 Å². The summed E-state index contributed by atoms with van der Waals surface area (Å²) in [5.41, 5.74) is 7.85. The smallest absolute Gasteiger partial charge is 0.146 e. The van der Waals surface area contributed by atoms with Gasteiger partial charge in [0.25, 0.3) is 0 Å². The van der Waals surface area contributed by atoms with Crippen LogP contribution < -0.4 is 10.5 Å². The van der Waals surface area contributed by atoms with Crippen LogP contribution in [0.2, 0.25) is 10.0 Å². The average molecular weight is 310 g/mol. The molecular formula is C16H17Cl2NO. The lowest BCUT2D eigenvalue weighted by Crippen LogP contribution is -2.04. The predicted octanol–water partition coefficient (Wildman–Crippen LogP) is 5.37. The molecule has 2 rings (SSSR count). The van der Waals surface area contributed by atoms with Crippen LogP contribution in [0.3, 0.4) is 0 Å². The van der Waals surface area contributed by atoms with E-state index in [1.165, 1.54) is 0 Å². The first kappa shape index (κ1) is 15.2. The van der Waals surface area contributed by atoms with Crippen LogP contribution in [0.15, 0.2) is 36.4 Å². The molecule has 0 aliphatic heterocycles. The molecule has 106 valence electrons. The van der Waals surface area contributed by atoms with Gasteiger partial charge in [0, 0.05) is 11.1 Å².